The Morgan fingerprint density at radius 2 is 1.83 bits per heavy atom. The molecule has 0 radical (unpaired) electrons. The van der Waals surface area contributed by atoms with Crippen LogP contribution in [0.4, 0.5) is 0 Å². The number of rotatable bonds is 6. The van der Waals surface area contributed by atoms with Gasteiger partial charge in [-0.05, 0) is 37.0 Å². The Hall–Kier alpha value is -1.36. The quantitative estimate of drug-likeness (QED) is 0.740. The van der Waals surface area contributed by atoms with Gasteiger partial charge in [-0.25, -0.2) is 0 Å². The zero-order valence-corrected chi connectivity index (χ0v) is 16.2. The summed E-state index contributed by atoms with van der Waals surface area (Å²) < 4.78 is 1.02. The summed E-state index contributed by atoms with van der Waals surface area (Å²) in [7, 11) is 1.89. The van der Waals surface area contributed by atoms with Gasteiger partial charge in [0.15, 0.2) is 0 Å². The second-order valence-corrected chi connectivity index (χ2v) is 7.49. The van der Waals surface area contributed by atoms with Gasteiger partial charge in [-0.1, -0.05) is 41.4 Å². The molecule has 24 heavy (non-hydrogen) atoms. The predicted octanol–water partition coefficient (Wildman–Crippen LogP) is 3.49. The standard InChI is InChI=1S/C19H27BrN2O2/c1-3-4-11-21(2)19(24)16-9-12-22(13-10-16)18(23)14-15-5-7-17(20)8-6-15/h5-8,16H,3-4,9-14H2,1-2H3. The number of benzene rings is 1. The number of unbranched alkanes of at least 4 members (excludes halogenated alkanes) is 1. The fourth-order valence-electron chi connectivity index (χ4n) is 3.08. The van der Waals surface area contributed by atoms with E-state index in [2.05, 4.69) is 22.9 Å². The van der Waals surface area contributed by atoms with E-state index in [9.17, 15) is 9.59 Å². The minimum Gasteiger partial charge on any atom is -0.346 e. The van der Waals surface area contributed by atoms with Crippen LogP contribution in [0.2, 0.25) is 0 Å². The van der Waals surface area contributed by atoms with Crippen LogP contribution in [-0.4, -0.2) is 48.3 Å². The fraction of sp³-hybridized carbons (Fsp3) is 0.579. The van der Waals surface area contributed by atoms with Crippen molar-refractivity contribution < 1.29 is 9.59 Å². The van der Waals surface area contributed by atoms with E-state index in [1.165, 1.54) is 0 Å². The zero-order valence-electron chi connectivity index (χ0n) is 14.6. The third-order valence-corrected chi connectivity index (χ3v) is 5.22. The highest BCUT2D eigenvalue weighted by Gasteiger charge is 2.28. The summed E-state index contributed by atoms with van der Waals surface area (Å²) in [6, 6.07) is 7.86. The number of nitrogens with zero attached hydrogens (tertiary/aromatic N) is 2. The van der Waals surface area contributed by atoms with E-state index >= 15 is 0 Å². The Kier molecular flexibility index (Phi) is 7.28. The third-order valence-electron chi connectivity index (χ3n) is 4.69. The molecule has 1 aromatic rings. The average molecular weight is 395 g/mol. The van der Waals surface area contributed by atoms with E-state index < -0.39 is 0 Å². The fourth-order valence-corrected chi connectivity index (χ4v) is 3.35. The van der Waals surface area contributed by atoms with Crippen molar-refractivity contribution >= 4 is 27.7 Å². The van der Waals surface area contributed by atoms with E-state index in [-0.39, 0.29) is 17.7 Å². The number of carbonyl (C=O) groups is 2. The molecule has 1 aliphatic rings. The van der Waals surface area contributed by atoms with E-state index in [0.29, 0.717) is 19.5 Å². The van der Waals surface area contributed by atoms with Crippen LogP contribution in [0.25, 0.3) is 0 Å². The SMILES string of the molecule is CCCCN(C)C(=O)C1CCN(C(=O)Cc2ccc(Br)cc2)CC1. The van der Waals surface area contributed by atoms with Crippen LogP contribution in [0.15, 0.2) is 28.7 Å². The maximum absolute atomic E-state index is 12.4. The molecule has 1 aromatic carbocycles. The molecule has 1 aliphatic heterocycles. The Morgan fingerprint density at radius 1 is 1.21 bits per heavy atom. The first kappa shape index (κ1) is 19.0. The van der Waals surface area contributed by atoms with Crippen molar-refractivity contribution in [1.29, 1.82) is 0 Å². The average Bonchev–Trinajstić information content (AvgIpc) is 2.61. The number of likely N-dealkylation sites (tertiary alicyclic amines) is 1. The minimum atomic E-state index is 0.0728. The number of halogens is 1. The number of carbonyl (C=O) groups excluding carboxylic acids is 2. The monoisotopic (exact) mass is 394 g/mol. The van der Waals surface area contributed by atoms with Crippen LogP contribution >= 0.6 is 15.9 Å². The Labute approximate surface area is 153 Å². The van der Waals surface area contributed by atoms with Crippen molar-refractivity contribution in [2.75, 3.05) is 26.7 Å². The molecule has 0 unspecified atom stereocenters. The third kappa shape index (κ3) is 5.33. The molecule has 1 saturated heterocycles. The molecule has 0 bridgehead atoms. The van der Waals surface area contributed by atoms with Gasteiger partial charge in [0.05, 0.1) is 6.42 Å². The van der Waals surface area contributed by atoms with Crippen LogP contribution in [0, 0.1) is 5.92 Å². The molecular formula is C19H27BrN2O2. The largest absolute Gasteiger partial charge is 0.346 e. The molecule has 0 saturated carbocycles. The molecule has 4 nitrogen and oxygen atoms in total. The highest BCUT2D eigenvalue weighted by molar-refractivity contribution is 9.10. The molecule has 0 aromatic heterocycles. The van der Waals surface area contributed by atoms with Crippen LogP contribution in [0.1, 0.15) is 38.2 Å². The van der Waals surface area contributed by atoms with Gasteiger partial charge in [0.25, 0.3) is 0 Å². The van der Waals surface area contributed by atoms with E-state index in [4.69, 9.17) is 0 Å². The van der Waals surface area contributed by atoms with Gasteiger partial charge < -0.3 is 9.80 Å². The molecular weight excluding hydrogens is 368 g/mol. The van der Waals surface area contributed by atoms with Crippen LogP contribution in [-0.2, 0) is 16.0 Å². The van der Waals surface area contributed by atoms with Crippen LogP contribution in [0.5, 0.6) is 0 Å². The molecule has 0 spiro atoms. The topological polar surface area (TPSA) is 40.6 Å². The molecule has 1 heterocycles. The molecule has 0 N–H and O–H groups in total. The second-order valence-electron chi connectivity index (χ2n) is 6.57. The van der Waals surface area contributed by atoms with Gasteiger partial charge in [0, 0.05) is 37.1 Å². The lowest BCUT2D eigenvalue weighted by Crippen LogP contribution is -2.44. The number of hydrogen-bond acceptors (Lipinski definition) is 2. The first-order chi connectivity index (χ1) is 11.5. The lowest BCUT2D eigenvalue weighted by atomic mass is 9.95. The summed E-state index contributed by atoms with van der Waals surface area (Å²) in [6.07, 6.45) is 4.14. The predicted molar refractivity (Wildman–Crippen MR) is 99.7 cm³/mol. The number of hydrogen-bond donors (Lipinski definition) is 0. The first-order valence-electron chi connectivity index (χ1n) is 8.78. The van der Waals surface area contributed by atoms with Crippen LogP contribution in [0.3, 0.4) is 0 Å². The maximum Gasteiger partial charge on any atom is 0.226 e. The van der Waals surface area contributed by atoms with Gasteiger partial charge in [-0.3, -0.25) is 9.59 Å². The van der Waals surface area contributed by atoms with Gasteiger partial charge >= 0.3 is 0 Å². The molecule has 132 valence electrons. The molecule has 0 atom stereocenters. The highest BCUT2D eigenvalue weighted by Crippen LogP contribution is 2.20. The second kappa shape index (κ2) is 9.21. The zero-order chi connectivity index (χ0) is 17.5. The molecule has 2 amide bonds. The normalized spacial score (nSPS) is 15.4. The molecule has 0 aliphatic carbocycles. The van der Waals surface area contributed by atoms with Crippen molar-refractivity contribution in [3.05, 3.63) is 34.3 Å². The van der Waals surface area contributed by atoms with Crippen molar-refractivity contribution in [3.8, 4) is 0 Å². The van der Waals surface area contributed by atoms with E-state index in [1.807, 2.05) is 41.1 Å². The Morgan fingerprint density at radius 3 is 2.42 bits per heavy atom. The summed E-state index contributed by atoms with van der Waals surface area (Å²) in [5, 5.41) is 0. The summed E-state index contributed by atoms with van der Waals surface area (Å²) in [6.45, 7) is 4.34. The smallest absolute Gasteiger partial charge is 0.226 e. The van der Waals surface area contributed by atoms with E-state index in [0.717, 1.165) is 42.3 Å². The summed E-state index contributed by atoms with van der Waals surface area (Å²) in [4.78, 5) is 28.6. The summed E-state index contributed by atoms with van der Waals surface area (Å²) in [5.74, 6) is 0.467. The van der Waals surface area contributed by atoms with Gasteiger partial charge in [-0.15, -0.1) is 0 Å². The number of piperidine rings is 1. The van der Waals surface area contributed by atoms with E-state index in [1.54, 1.807) is 0 Å². The van der Waals surface area contributed by atoms with Crippen LogP contribution < -0.4 is 0 Å². The lowest BCUT2D eigenvalue weighted by molar-refractivity contribution is -0.139. The van der Waals surface area contributed by atoms with Gasteiger partial charge in [0.1, 0.15) is 0 Å². The first-order valence-corrected chi connectivity index (χ1v) is 9.57. The minimum absolute atomic E-state index is 0.0728. The Bertz CT molecular complexity index is 551. The Balaban J connectivity index is 1.80. The highest BCUT2D eigenvalue weighted by atomic mass is 79.9. The lowest BCUT2D eigenvalue weighted by Gasteiger charge is -2.33. The molecule has 5 heteroatoms. The molecule has 1 fully saturated rings. The maximum atomic E-state index is 12.4. The summed E-state index contributed by atoms with van der Waals surface area (Å²) in [5.41, 5.74) is 1.03. The van der Waals surface area contributed by atoms with Crippen molar-refractivity contribution in [2.45, 2.75) is 39.0 Å². The molecule has 2 rings (SSSR count). The van der Waals surface area contributed by atoms with Crippen molar-refractivity contribution in [2.24, 2.45) is 5.92 Å². The van der Waals surface area contributed by atoms with Gasteiger partial charge in [0.2, 0.25) is 11.8 Å². The number of amides is 2. The van der Waals surface area contributed by atoms with Crippen molar-refractivity contribution in [3.63, 3.8) is 0 Å². The van der Waals surface area contributed by atoms with Gasteiger partial charge in [-0.2, -0.15) is 0 Å². The summed E-state index contributed by atoms with van der Waals surface area (Å²) >= 11 is 3.40. The van der Waals surface area contributed by atoms with Crippen molar-refractivity contribution in [1.82, 2.24) is 9.80 Å².